The highest BCUT2D eigenvalue weighted by molar-refractivity contribution is 6.31. The number of benzene rings is 2. The lowest BCUT2D eigenvalue weighted by atomic mass is 10.1. The molecule has 0 radical (unpaired) electrons. The second-order valence-corrected chi connectivity index (χ2v) is 5.24. The first-order chi connectivity index (χ1) is 10.5. The molecule has 0 saturated carbocycles. The predicted molar refractivity (Wildman–Crippen MR) is 83.5 cm³/mol. The Morgan fingerprint density at radius 2 is 2.05 bits per heavy atom. The van der Waals surface area contributed by atoms with E-state index in [4.69, 9.17) is 16.7 Å². The van der Waals surface area contributed by atoms with E-state index in [2.05, 4.69) is 10.1 Å². The molecule has 0 atom stereocenters. The molecule has 0 bridgehead atoms. The van der Waals surface area contributed by atoms with E-state index in [-0.39, 0.29) is 5.56 Å². The van der Waals surface area contributed by atoms with Crippen LogP contribution in [0.2, 0.25) is 5.02 Å². The van der Waals surface area contributed by atoms with Crippen molar-refractivity contribution in [3.05, 3.63) is 64.9 Å². The van der Waals surface area contributed by atoms with Gasteiger partial charge < -0.3 is 5.11 Å². The minimum Gasteiger partial charge on any atom is -0.478 e. The summed E-state index contributed by atoms with van der Waals surface area (Å²) in [6, 6.07) is 12.1. The zero-order chi connectivity index (χ0) is 15.7. The van der Waals surface area contributed by atoms with Crippen LogP contribution in [0.1, 0.15) is 15.9 Å². The number of carbonyl (C=O) groups is 1. The molecule has 1 heterocycles. The molecule has 3 rings (SSSR count). The molecular weight excluding hydrogens is 302 g/mol. The van der Waals surface area contributed by atoms with E-state index in [1.807, 2.05) is 25.1 Å². The molecule has 22 heavy (non-hydrogen) atoms. The maximum atomic E-state index is 11.0. The molecule has 1 N–H and O–H groups in total. The molecule has 110 valence electrons. The highest BCUT2D eigenvalue weighted by Crippen LogP contribution is 2.21. The molecule has 0 aliphatic rings. The van der Waals surface area contributed by atoms with Crippen molar-refractivity contribution in [2.45, 2.75) is 6.92 Å². The van der Waals surface area contributed by atoms with Crippen LogP contribution < -0.4 is 0 Å². The predicted octanol–water partition coefficient (Wildman–Crippen LogP) is 3.59. The lowest BCUT2D eigenvalue weighted by Gasteiger charge is -2.03. The molecule has 0 fully saturated rings. The minimum absolute atomic E-state index is 0.201. The molecule has 0 saturated heterocycles. The number of halogens is 1. The normalized spacial score (nSPS) is 10.6. The number of aryl methyl sites for hydroxylation is 1. The number of aromatic nitrogens is 3. The van der Waals surface area contributed by atoms with Gasteiger partial charge in [0.2, 0.25) is 0 Å². The van der Waals surface area contributed by atoms with Gasteiger partial charge in [-0.1, -0.05) is 29.8 Å². The van der Waals surface area contributed by atoms with Crippen LogP contribution in [0.4, 0.5) is 0 Å². The molecule has 2 aromatic carbocycles. The zero-order valence-electron chi connectivity index (χ0n) is 11.7. The van der Waals surface area contributed by atoms with Gasteiger partial charge in [0.1, 0.15) is 6.33 Å². The zero-order valence-corrected chi connectivity index (χ0v) is 12.4. The molecule has 3 aromatic rings. The third-order valence-electron chi connectivity index (χ3n) is 3.28. The summed E-state index contributed by atoms with van der Waals surface area (Å²) in [4.78, 5) is 15.3. The van der Waals surface area contributed by atoms with Gasteiger partial charge >= 0.3 is 5.97 Å². The van der Waals surface area contributed by atoms with Gasteiger partial charge in [-0.05, 0) is 36.8 Å². The lowest BCUT2D eigenvalue weighted by molar-refractivity contribution is 0.0697. The first-order valence-corrected chi connectivity index (χ1v) is 6.94. The maximum Gasteiger partial charge on any atom is 0.335 e. The van der Waals surface area contributed by atoms with Crippen molar-refractivity contribution in [3.8, 4) is 17.1 Å². The fourth-order valence-electron chi connectivity index (χ4n) is 2.04. The van der Waals surface area contributed by atoms with Gasteiger partial charge in [0.25, 0.3) is 0 Å². The summed E-state index contributed by atoms with van der Waals surface area (Å²) in [6.07, 6.45) is 1.57. The molecule has 5 nitrogen and oxygen atoms in total. The Bertz CT molecular complexity index is 858. The summed E-state index contributed by atoms with van der Waals surface area (Å²) in [7, 11) is 0. The van der Waals surface area contributed by atoms with E-state index >= 15 is 0 Å². The van der Waals surface area contributed by atoms with Crippen molar-refractivity contribution < 1.29 is 9.90 Å². The minimum atomic E-state index is -0.980. The molecule has 0 spiro atoms. The van der Waals surface area contributed by atoms with Gasteiger partial charge in [-0.25, -0.2) is 14.5 Å². The number of carboxylic acid groups (broad SMARTS) is 1. The third-order valence-corrected chi connectivity index (χ3v) is 3.69. The maximum absolute atomic E-state index is 11.0. The van der Waals surface area contributed by atoms with Crippen LogP contribution in [-0.4, -0.2) is 25.8 Å². The second kappa shape index (κ2) is 5.61. The third kappa shape index (κ3) is 2.71. The number of aromatic carboxylic acids is 1. The Kier molecular flexibility index (Phi) is 3.65. The first-order valence-electron chi connectivity index (χ1n) is 6.56. The highest BCUT2D eigenvalue weighted by atomic mass is 35.5. The summed E-state index contributed by atoms with van der Waals surface area (Å²) in [5.74, 6) is -0.522. The monoisotopic (exact) mass is 313 g/mol. The Balaban J connectivity index is 1.98. The fourth-order valence-corrected chi connectivity index (χ4v) is 2.21. The molecular formula is C16H12ClN3O2. The Labute approximate surface area is 131 Å². The van der Waals surface area contributed by atoms with Crippen molar-refractivity contribution in [1.29, 1.82) is 0 Å². The van der Waals surface area contributed by atoms with Gasteiger partial charge in [0.05, 0.1) is 11.3 Å². The van der Waals surface area contributed by atoms with Crippen LogP contribution >= 0.6 is 11.6 Å². The van der Waals surface area contributed by atoms with Crippen LogP contribution in [-0.2, 0) is 0 Å². The average Bonchev–Trinajstić information content (AvgIpc) is 3.00. The summed E-state index contributed by atoms with van der Waals surface area (Å²) < 4.78 is 1.61. The van der Waals surface area contributed by atoms with E-state index in [1.54, 1.807) is 29.2 Å². The SMILES string of the molecule is Cc1ccc(-n2cnc(-c3cccc(C(=O)O)c3)n2)cc1Cl. The standard InChI is InChI=1S/C16H12ClN3O2/c1-10-5-6-13(8-14(10)17)20-9-18-15(19-20)11-3-2-4-12(7-11)16(21)22/h2-9H,1H3,(H,21,22). The van der Waals surface area contributed by atoms with E-state index in [9.17, 15) is 4.79 Å². The van der Waals surface area contributed by atoms with Crippen LogP contribution in [0.15, 0.2) is 48.8 Å². The number of nitrogens with zero attached hydrogens (tertiary/aromatic N) is 3. The summed E-state index contributed by atoms with van der Waals surface area (Å²) in [5.41, 5.74) is 2.63. The number of hydrogen-bond donors (Lipinski definition) is 1. The molecule has 1 aromatic heterocycles. The van der Waals surface area contributed by atoms with Crippen molar-refractivity contribution in [1.82, 2.24) is 14.8 Å². The second-order valence-electron chi connectivity index (χ2n) is 4.83. The molecule has 0 amide bonds. The molecule has 0 unspecified atom stereocenters. The Morgan fingerprint density at radius 3 is 2.77 bits per heavy atom. The first kappa shape index (κ1) is 14.3. The number of carboxylic acids is 1. The smallest absolute Gasteiger partial charge is 0.335 e. The van der Waals surface area contributed by atoms with Gasteiger partial charge in [-0.2, -0.15) is 0 Å². The van der Waals surface area contributed by atoms with Gasteiger partial charge in [-0.15, -0.1) is 5.10 Å². The van der Waals surface area contributed by atoms with Crippen molar-refractivity contribution in [2.75, 3.05) is 0 Å². The van der Waals surface area contributed by atoms with Crippen LogP contribution in [0.5, 0.6) is 0 Å². The van der Waals surface area contributed by atoms with E-state index in [1.165, 1.54) is 6.07 Å². The molecule has 0 aliphatic carbocycles. The van der Waals surface area contributed by atoms with Gasteiger partial charge in [0, 0.05) is 10.6 Å². The van der Waals surface area contributed by atoms with Crippen molar-refractivity contribution in [2.24, 2.45) is 0 Å². The van der Waals surface area contributed by atoms with Crippen LogP contribution in [0.3, 0.4) is 0 Å². The van der Waals surface area contributed by atoms with E-state index in [0.29, 0.717) is 16.4 Å². The highest BCUT2D eigenvalue weighted by Gasteiger charge is 2.09. The average molecular weight is 314 g/mol. The van der Waals surface area contributed by atoms with Crippen LogP contribution in [0, 0.1) is 6.92 Å². The largest absolute Gasteiger partial charge is 0.478 e. The topological polar surface area (TPSA) is 68.0 Å². The lowest BCUT2D eigenvalue weighted by Crippen LogP contribution is -1.97. The number of hydrogen-bond acceptors (Lipinski definition) is 3. The quantitative estimate of drug-likeness (QED) is 0.802. The van der Waals surface area contributed by atoms with E-state index < -0.39 is 5.97 Å². The Hall–Kier alpha value is -2.66. The fraction of sp³-hybridized carbons (Fsp3) is 0.0625. The number of rotatable bonds is 3. The van der Waals surface area contributed by atoms with Gasteiger partial charge in [-0.3, -0.25) is 0 Å². The summed E-state index contributed by atoms with van der Waals surface area (Å²) in [5, 5.41) is 14.1. The van der Waals surface area contributed by atoms with E-state index in [0.717, 1.165) is 11.3 Å². The summed E-state index contributed by atoms with van der Waals surface area (Å²) >= 11 is 6.12. The molecule has 6 heteroatoms. The Morgan fingerprint density at radius 1 is 1.23 bits per heavy atom. The van der Waals surface area contributed by atoms with Crippen LogP contribution in [0.25, 0.3) is 17.1 Å². The summed E-state index contributed by atoms with van der Waals surface area (Å²) in [6.45, 7) is 1.93. The van der Waals surface area contributed by atoms with Gasteiger partial charge in [0.15, 0.2) is 5.82 Å². The van der Waals surface area contributed by atoms with Crippen molar-refractivity contribution >= 4 is 17.6 Å². The van der Waals surface area contributed by atoms with Crippen molar-refractivity contribution in [3.63, 3.8) is 0 Å². The molecule has 0 aliphatic heterocycles.